The summed E-state index contributed by atoms with van der Waals surface area (Å²) in [6.07, 6.45) is 82.4. The average Bonchev–Trinajstić information content (AvgIpc) is 0.909. The minimum Gasteiger partial charge on any atom is -0.462 e. The fourth-order valence-electron chi connectivity index (χ4n) is 11.2. The molecule has 0 fully saturated rings. The van der Waals surface area contributed by atoms with E-state index in [1.807, 2.05) is 12.2 Å². The number of esters is 4. The van der Waals surface area contributed by atoms with Crippen LogP contribution in [0.15, 0.2) is 97.2 Å². The molecule has 0 aromatic heterocycles. The highest BCUT2D eigenvalue weighted by molar-refractivity contribution is 7.47. The summed E-state index contributed by atoms with van der Waals surface area (Å²) in [7, 11) is -9.98. The van der Waals surface area contributed by atoms with Gasteiger partial charge in [-0.1, -0.05) is 305 Å². The number of hydrogen-bond acceptors (Lipinski definition) is 15. The molecular weight excluding hydrogens is 1350 g/mol. The van der Waals surface area contributed by atoms with Crippen LogP contribution < -0.4 is 0 Å². The number of allylic oxidation sites excluding steroid dienone is 16. The number of rotatable bonds is 78. The molecule has 104 heavy (non-hydrogen) atoms. The molecule has 0 spiro atoms. The molecule has 0 saturated heterocycles. The van der Waals surface area contributed by atoms with Crippen LogP contribution in [0.3, 0.4) is 0 Å². The van der Waals surface area contributed by atoms with Gasteiger partial charge in [0.05, 0.1) is 26.4 Å². The van der Waals surface area contributed by atoms with Crippen molar-refractivity contribution in [3.8, 4) is 0 Å². The molecule has 0 aliphatic carbocycles. The van der Waals surface area contributed by atoms with E-state index in [2.05, 4.69) is 113 Å². The highest BCUT2D eigenvalue weighted by Gasteiger charge is 2.30. The molecule has 0 saturated carbocycles. The lowest BCUT2D eigenvalue weighted by molar-refractivity contribution is -0.161. The van der Waals surface area contributed by atoms with Gasteiger partial charge in [0.15, 0.2) is 12.2 Å². The Morgan fingerprint density at radius 3 is 0.779 bits per heavy atom. The van der Waals surface area contributed by atoms with Gasteiger partial charge in [0.1, 0.15) is 19.3 Å². The van der Waals surface area contributed by atoms with Gasteiger partial charge in [0.2, 0.25) is 0 Å². The molecule has 0 radical (unpaired) electrons. The van der Waals surface area contributed by atoms with Gasteiger partial charge in [-0.25, -0.2) is 9.13 Å². The summed E-state index contributed by atoms with van der Waals surface area (Å²) in [5.74, 6) is -2.25. The molecular formula is C85H150O17P2. The molecule has 5 atom stereocenters. The zero-order valence-corrected chi connectivity index (χ0v) is 67.7. The van der Waals surface area contributed by atoms with Crippen molar-refractivity contribution in [3.05, 3.63) is 97.2 Å². The maximum atomic E-state index is 13.1. The van der Waals surface area contributed by atoms with Crippen LogP contribution in [0, 0.1) is 0 Å². The van der Waals surface area contributed by atoms with Crippen LogP contribution in [-0.2, 0) is 65.4 Å². The van der Waals surface area contributed by atoms with E-state index in [0.29, 0.717) is 32.1 Å². The first-order valence-electron chi connectivity index (χ1n) is 41.5. The fraction of sp³-hybridized carbons (Fsp3) is 0.765. The molecule has 0 aliphatic heterocycles. The summed E-state index contributed by atoms with van der Waals surface area (Å²) in [4.78, 5) is 73.1. The number of phosphoric ester groups is 2. The molecule has 0 heterocycles. The molecule has 3 N–H and O–H groups in total. The van der Waals surface area contributed by atoms with Crippen molar-refractivity contribution in [3.63, 3.8) is 0 Å². The Labute approximate surface area is 633 Å². The molecule has 0 amide bonds. The highest BCUT2D eigenvalue weighted by atomic mass is 31.2. The molecule has 0 aromatic rings. The third-order valence-corrected chi connectivity index (χ3v) is 19.4. The predicted molar refractivity (Wildman–Crippen MR) is 427 cm³/mol. The number of carbonyl (C=O) groups excluding carboxylic acids is 4. The number of carbonyl (C=O) groups is 4. The Kier molecular flexibility index (Phi) is 74.2. The van der Waals surface area contributed by atoms with Crippen LogP contribution in [-0.4, -0.2) is 96.7 Å². The van der Waals surface area contributed by atoms with Crippen molar-refractivity contribution >= 4 is 39.5 Å². The van der Waals surface area contributed by atoms with Crippen molar-refractivity contribution in [2.45, 2.75) is 380 Å². The number of aliphatic hydroxyl groups excluding tert-OH is 1. The quantitative estimate of drug-likeness (QED) is 0.0169. The summed E-state index contributed by atoms with van der Waals surface area (Å²) in [6, 6.07) is 0. The molecule has 0 aliphatic rings. The third-order valence-electron chi connectivity index (χ3n) is 17.5. The van der Waals surface area contributed by atoms with Gasteiger partial charge in [-0.15, -0.1) is 0 Å². The van der Waals surface area contributed by atoms with Gasteiger partial charge in [0.25, 0.3) is 0 Å². The summed E-state index contributed by atoms with van der Waals surface area (Å²) in [5, 5.41) is 10.7. The van der Waals surface area contributed by atoms with Crippen LogP contribution >= 0.6 is 15.6 Å². The highest BCUT2D eigenvalue weighted by Crippen LogP contribution is 2.45. The van der Waals surface area contributed by atoms with Crippen LogP contribution in [0.4, 0.5) is 0 Å². The zero-order chi connectivity index (χ0) is 76.0. The van der Waals surface area contributed by atoms with E-state index in [4.69, 9.17) is 37.0 Å². The maximum Gasteiger partial charge on any atom is 0.472 e. The van der Waals surface area contributed by atoms with E-state index >= 15 is 0 Å². The third kappa shape index (κ3) is 76.2. The van der Waals surface area contributed by atoms with Gasteiger partial charge >= 0.3 is 39.5 Å². The van der Waals surface area contributed by atoms with E-state index in [9.17, 15) is 43.2 Å². The summed E-state index contributed by atoms with van der Waals surface area (Å²) in [5.41, 5.74) is 0. The van der Waals surface area contributed by atoms with Crippen LogP contribution in [0.2, 0.25) is 0 Å². The van der Waals surface area contributed by atoms with Crippen molar-refractivity contribution < 1.29 is 80.2 Å². The second-order valence-corrected chi connectivity index (χ2v) is 30.6. The van der Waals surface area contributed by atoms with Gasteiger partial charge in [-0.05, 0) is 128 Å². The van der Waals surface area contributed by atoms with Crippen molar-refractivity contribution in [1.82, 2.24) is 0 Å². The molecule has 602 valence electrons. The second-order valence-electron chi connectivity index (χ2n) is 27.7. The molecule has 0 rings (SSSR count). The minimum atomic E-state index is -4.99. The van der Waals surface area contributed by atoms with E-state index in [1.54, 1.807) is 0 Å². The first-order chi connectivity index (χ1) is 50.7. The Morgan fingerprint density at radius 1 is 0.269 bits per heavy atom. The molecule has 0 aromatic carbocycles. The molecule has 2 unspecified atom stereocenters. The topological polar surface area (TPSA) is 237 Å². The van der Waals surface area contributed by atoms with Crippen molar-refractivity contribution in [2.24, 2.45) is 0 Å². The number of phosphoric acid groups is 2. The van der Waals surface area contributed by atoms with Crippen LogP contribution in [0.1, 0.15) is 362 Å². The Bertz CT molecular complexity index is 2350. The number of hydrogen-bond donors (Lipinski definition) is 3. The largest absolute Gasteiger partial charge is 0.472 e. The fourth-order valence-corrected chi connectivity index (χ4v) is 12.7. The maximum absolute atomic E-state index is 13.1. The normalized spacial score (nSPS) is 14.3. The first-order valence-corrected chi connectivity index (χ1v) is 44.5. The monoisotopic (exact) mass is 1510 g/mol. The molecule has 17 nitrogen and oxygen atoms in total. The van der Waals surface area contributed by atoms with E-state index in [1.165, 1.54) is 135 Å². The van der Waals surface area contributed by atoms with Crippen LogP contribution in [0.5, 0.6) is 0 Å². The smallest absolute Gasteiger partial charge is 0.462 e. The zero-order valence-electron chi connectivity index (χ0n) is 65.9. The van der Waals surface area contributed by atoms with Crippen molar-refractivity contribution in [2.75, 3.05) is 39.6 Å². The van der Waals surface area contributed by atoms with E-state index in [0.717, 1.165) is 141 Å². The number of ether oxygens (including phenoxy) is 4. The summed E-state index contributed by atoms with van der Waals surface area (Å²) in [6.45, 7) is 4.76. The molecule has 0 bridgehead atoms. The summed E-state index contributed by atoms with van der Waals surface area (Å²) >= 11 is 0. The summed E-state index contributed by atoms with van der Waals surface area (Å²) < 4.78 is 68.6. The SMILES string of the molecule is CCCCC/C=C\C/C=C\C/C=C\C/C=C\CCCC(=O)OC[C@H](COP(=O)(O)OC[C@@H](O)COP(=O)(O)OC[C@@H](COC(=O)CCCCCCC/C=C\C/C=C\CCCCC)OC(=O)CCCCCCCCCCCCCCCCCCC)OC(=O)CCCCCCC/C=C\C/C=C\CCCCC. The van der Waals surface area contributed by atoms with Gasteiger partial charge < -0.3 is 33.8 Å². The number of aliphatic hydroxyl groups is 1. The lowest BCUT2D eigenvalue weighted by Crippen LogP contribution is -2.30. The molecule has 19 heteroatoms. The van der Waals surface area contributed by atoms with Gasteiger partial charge in [-0.3, -0.25) is 37.3 Å². The predicted octanol–water partition coefficient (Wildman–Crippen LogP) is 24.3. The standard InChI is InChI=1S/C85H150O17P2/c1-5-9-13-17-21-25-29-33-37-39-43-46-50-54-58-62-66-70-83(88)96-76-80(101-84(89)71-67-63-59-55-51-47-42-36-32-28-24-20-16-12-8-4)77-99-103(91,92)97-73-79(86)74-98-104(93,94)100-78-81(75-95-82(87)69-65-61-57-53-49-45-41-35-31-27-23-19-15-11-7-3)102-85(90)72-68-64-60-56-52-48-44-40-38-34-30-26-22-18-14-10-6-2/h21,23-25,27-28,33,35-37,41-43,46,54,58,79-81,86H,5-20,22,26,29-32,34,38-40,44-45,47-53,55-57,59-78H2,1-4H3,(H,91,92)(H,93,94)/b25-21-,27-23-,28-24-,37-33-,41-35-,42-36-,46-43-,58-54-/t79-,80-,81-/m1/s1. The van der Waals surface area contributed by atoms with E-state index in [-0.39, 0.29) is 25.7 Å². The van der Waals surface area contributed by atoms with Gasteiger partial charge in [0, 0.05) is 25.7 Å². The Morgan fingerprint density at radius 2 is 0.481 bits per heavy atom. The Hall–Kier alpha value is -4.02. The lowest BCUT2D eigenvalue weighted by Gasteiger charge is -2.21. The van der Waals surface area contributed by atoms with Crippen molar-refractivity contribution in [1.29, 1.82) is 0 Å². The lowest BCUT2D eigenvalue weighted by atomic mass is 10.0. The second kappa shape index (κ2) is 77.1. The average molecular weight is 1510 g/mol. The van der Waals surface area contributed by atoms with Gasteiger partial charge in [-0.2, -0.15) is 0 Å². The van der Waals surface area contributed by atoms with E-state index < -0.39 is 97.5 Å². The first kappa shape index (κ1) is 100.0. The number of unbranched alkanes of at least 4 members (excludes halogenated alkanes) is 36. The minimum absolute atomic E-state index is 0.0675. The Balaban J connectivity index is 5.41. The van der Waals surface area contributed by atoms with Crippen LogP contribution in [0.25, 0.3) is 0 Å².